The molecule has 0 saturated carbocycles. The molecule has 0 aromatic heterocycles. The lowest BCUT2D eigenvalue weighted by molar-refractivity contribution is -0.132. The summed E-state index contributed by atoms with van der Waals surface area (Å²) in [6.45, 7) is 3.81. The second-order valence-corrected chi connectivity index (χ2v) is 1.65. The maximum Gasteiger partial charge on any atom is 0.333 e. The Hall–Kier alpha value is -0.830. The van der Waals surface area contributed by atoms with Gasteiger partial charge in [-0.3, -0.25) is 0 Å². The first kappa shape index (κ1) is 5.31. The molecule has 0 bridgehead atoms. The summed E-state index contributed by atoms with van der Waals surface area (Å²) in [5.41, 5.74) is 0.157. The van der Waals surface area contributed by atoms with Crippen LogP contribution in [0.4, 0.5) is 0 Å². The van der Waals surface area contributed by atoms with Gasteiger partial charge in [-0.2, -0.15) is 0 Å². The zero-order valence-corrected chi connectivity index (χ0v) is 4.26. The summed E-state index contributed by atoms with van der Waals surface area (Å²) >= 11 is 0. The van der Waals surface area contributed by atoms with Crippen molar-refractivity contribution in [2.45, 2.75) is 6.10 Å². The van der Waals surface area contributed by atoms with Gasteiger partial charge in [0.15, 0.2) is 0 Å². The van der Waals surface area contributed by atoms with E-state index in [1.165, 1.54) is 0 Å². The smallest absolute Gasteiger partial charge is 0.333 e. The molecule has 0 aromatic rings. The minimum absolute atomic E-state index is 0.157. The zero-order valence-electron chi connectivity index (χ0n) is 4.26. The van der Waals surface area contributed by atoms with Crippen molar-refractivity contribution in [2.75, 3.05) is 6.61 Å². The van der Waals surface area contributed by atoms with Crippen LogP contribution in [0.15, 0.2) is 12.2 Å². The number of rotatable bonds is 2. The summed E-state index contributed by atoms with van der Waals surface area (Å²) in [5.74, 6) is -0.965. The number of carbonyl (C=O) groups is 1. The van der Waals surface area contributed by atoms with E-state index in [0.29, 0.717) is 6.61 Å². The van der Waals surface area contributed by atoms with Crippen molar-refractivity contribution in [3.8, 4) is 0 Å². The van der Waals surface area contributed by atoms with Crippen molar-refractivity contribution in [2.24, 2.45) is 0 Å². The lowest BCUT2D eigenvalue weighted by Gasteiger charge is -1.87. The molecule has 44 valence electrons. The fourth-order valence-corrected chi connectivity index (χ4v) is 0.387. The summed E-state index contributed by atoms with van der Waals surface area (Å²) in [6, 6.07) is 0. The second-order valence-electron chi connectivity index (χ2n) is 1.65. The van der Waals surface area contributed by atoms with Crippen LogP contribution in [0.3, 0.4) is 0 Å². The molecule has 0 aliphatic carbocycles. The number of carboxylic acids is 1. The van der Waals surface area contributed by atoms with Gasteiger partial charge in [0, 0.05) is 0 Å². The quantitative estimate of drug-likeness (QED) is 0.407. The van der Waals surface area contributed by atoms with E-state index in [-0.39, 0.29) is 11.7 Å². The predicted octanol–water partition coefficient (Wildman–Crippen LogP) is 0.0260. The second kappa shape index (κ2) is 1.59. The summed E-state index contributed by atoms with van der Waals surface area (Å²) in [7, 11) is 0. The molecule has 1 aliphatic heterocycles. The molecule has 1 N–H and O–H groups in total. The van der Waals surface area contributed by atoms with Crippen molar-refractivity contribution in [3.05, 3.63) is 12.2 Å². The molecule has 0 radical (unpaired) electrons. The van der Waals surface area contributed by atoms with Crippen molar-refractivity contribution in [1.82, 2.24) is 0 Å². The third-order valence-corrected chi connectivity index (χ3v) is 0.997. The first-order chi connectivity index (χ1) is 3.72. The van der Waals surface area contributed by atoms with E-state index in [9.17, 15) is 4.79 Å². The van der Waals surface area contributed by atoms with Crippen molar-refractivity contribution in [1.29, 1.82) is 0 Å². The first-order valence-corrected chi connectivity index (χ1v) is 2.25. The Labute approximate surface area is 46.6 Å². The molecule has 1 saturated heterocycles. The van der Waals surface area contributed by atoms with Gasteiger partial charge >= 0.3 is 5.97 Å². The molecule has 1 heterocycles. The molecule has 0 amide bonds. The van der Waals surface area contributed by atoms with Crippen LogP contribution in [0.1, 0.15) is 0 Å². The summed E-state index contributed by atoms with van der Waals surface area (Å²) in [4.78, 5) is 10.0. The first-order valence-electron chi connectivity index (χ1n) is 2.25. The minimum Gasteiger partial charge on any atom is -0.478 e. The average Bonchev–Trinajstić information content (AvgIpc) is 2.43. The molecule has 3 nitrogen and oxygen atoms in total. The van der Waals surface area contributed by atoms with Gasteiger partial charge in [0.1, 0.15) is 6.10 Å². The summed E-state index contributed by atoms with van der Waals surface area (Å²) in [6.07, 6.45) is -0.201. The highest BCUT2D eigenvalue weighted by Gasteiger charge is 2.29. The zero-order chi connectivity index (χ0) is 6.15. The van der Waals surface area contributed by atoms with Crippen LogP contribution in [0.25, 0.3) is 0 Å². The largest absolute Gasteiger partial charge is 0.478 e. The van der Waals surface area contributed by atoms with Gasteiger partial charge in [-0.25, -0.2) is 4.79 Å². The van der Waals surface area contributed by atoms with Crippen LogP contribution < -0.4 is 0 Å². The van der Waals surface area contributed by atoms with E-state index < -0.39 is 5.97 Å². The minimum atomic E-state index is -0.965. The Kier molecular flexibility index (Phi) is 1.06. The Balaban J connectivity index is 2.45. The van der Waals surface area contributed by atoms with Crippen LogP contribution in [0.2, 0.25) is 0 Å². The van der Waals surface area contributed by atoms with Gasteiger partial charge < -0.3 is 9.84 Å². The molecule has 1 atom stereocenters. The van der Waals surface area contributed by atoms with Crippen LogP contribution in [-0.2, 0) is 9.53 Å². The molecule has 0 spiro atoms. The van der Waals surface area contributed by atoms with Gasteiger partial charge in [-0.05, 0) is 0 Å². The molecule has 1 fully saturated rings. The third kappa shape index (κ3) is 0.869. The lowest BCUT2D eigenvalue weighted by Crippen LogP contribution is -2.04. The Morgan fingerprint density at radius 1 is 1.88 bits per heavy atom. The number of hydrogen-bond acceptors (Lipinski definition) is 2. The van der Waals surface area contributed by atoms with E-state index in [4.69, 9.17) is 5.11 Å². The average molecular weight is 114 g/mol. The van der Waals surface area contributed by atoms with Crippen molar-refractivity contribution < 1.29 is 14.6 Å². The van der Waals surface area contributed by atoms with Crippen LogP contribution in [-0.4, -0.2) is 23.8 Å². The number of aliphatic carboxylic acids is 1. The predicted molar refractivity (Wildman–Crippen MR) is 26.5 cm³/mol. The van der Waals surface area contributed by atoms with Gasteiger partial charge in [0.25, 0.3) is 0 Å². The molecule has 1 rings (SSSR count). The van der Waals surface area contributed by atoms with Crippen molar-refractivity contribution >= 4 is 5.97 Å². The monoisotopic (exact) mass is 114 g/mol. The highest BCUT2D eigenvalue weighted by molar-refractivity contribution is 5.87. The molecular formula is C5H6O3. The number of hydrogen-bond donors (Lipinski definition) is 1. The fraction of sp³-hybridized carbons (Fsp3) is 0.400. The number of carboxylic acid groups (broad SMARTS) is 1. The van der Waals surface area contributed by atoms with Crippen LogP contribution >= 0.6 is 0 Å². The molecular weight excluding hydrogens is 108 g/mol. The fourth-order valence-electron chi connectivity index (χ4n) is 0.387. The highest BCUT2D eigenvalue weighted by atomic mass is 16.6. The van der Waals surface area contributed by atoms with Crippen LogP contribution in [0, 0.1) is 0 Å². The topological polar surface area (TPSA) is 49.8 Å². The molecule has 8 heavy (non-hydrogen) atoms. The molecule has 1 unspecified atom stereocenters. The molecule has 3 heteroatoms. The Bertz CT molecular complexity index is 135. The van der Waals surface area contributed by atoms with Gasteiger partial charge in [-0.1, -0.05) is 6.58 Å². The number of ether oxygens (including phenoxy) is 1. The maximum absolute atomic E-state index is 10.0. The van der Waals surface area contributed by atoms with E-state index in [0.717, 1.165) is 0 Å². The van der Waals surface area contributed by atoms with Crippen LogP contribution in [0.5, 0.6) is 0 Å². The lowest BCUT2D eigenvalue weighted by atomic mass is 10.2. The molecule has 1 aliphatic rings. The maximum atomic E-state index is 10.0. The standard InChI is InChI=1S/C5H6O3/c1-3(5(6)7)4-2-8-4/h4H,1-2H2,(H,6,7). The van der Waals surface area contributed by atoms with Crippen molar-refractivity contribution in [3.63, 3.8) is 0 Å². The highest BCUT2D eigenvalue weighted by Crippen LogP contribution is 2.17. The normalized spacial score (nSPS) is 24.8. The Morgan fingerprint density at radius 3 is 2.50 bits per heavy atom. The Morgan fingerprint density at radius 2 is 2.38 bits per heavy atom. The van der Waals surface area contributed by atoms with E-state index in [1.54, 1.807) is 0 Å². The van der Waals surface area contributed by atoms with E-state index in [2.05, 4.69) is 11.3 Å². The van der Waals surface area contributed by atoms with Gasteiger partial charge in [0.05, 0.1) is 12.2 Å². The third-order valence-electron chi connectivity index (χ3n) is 0.997. The van der Waals surface area contributed by atoms with E-state index >= 15 is 0 Å². The van der Waals surface area contributed by atoms with Gasteiger partial charge in [-0.15, -0.1) is 0 Å². The number of epoxide rings is 1. The van der Waals surface area contributed by atoms with Gasteiger partial charge in [0.2, 0.25) is 0 Å². The van der Waals surface area contributed by atoms with E-state index in [1.807, 2.05) is 0 Å². The summed E-state index contributed by atoms with van der Waals surface area (Å²) in [5, 5.41) is 8.21. The summed E-state index contributed by atoms with van der Waals surface area (Å²) < 4.78 is 4.65. The molecule has 0 aromatic carbocycles. The SMILES string of the molecule is C=C(C(=O)O)C1CO1.